The van der Waals surface area contributed by atoms with Crippen LogP contribution < -0.4 is 24.6 Å². The molecule has 2 aromatic rings. The first-order valence-electron chi connectivity index (χ1n) is 11.0. The van der Waals surface area contributed by atoms with Crippen molar-refractivity contribution in [2.24, 2.45) is 5.92 Å². The van der Waals surface area contributed by atoms with E-state index in [4.69, 9.17) is 9.47 Å². The molecule has 0 amide bonds. The lowest BCUT2D eigenvalue weighted by Crippen LogP contribution is -2.42. The van der Waals surface area contributed by atoms with E-state index in [1.165, 1.54) is 12.8 Å². The topological polar surface area (TPSA) is 62.8 Å². The van der Waals surface area contributed by atoms with Crippen LogP contribution in [0.2, 0.25) is 0 Å². The van der Waals surface area contributed by atoms with Crippen molar-refractivity contribution in [1.82, 2.24) is 9.97 Å². The molecule has 162 valence electrons. The molecule has 2 saturated heterocycles. The van der Waals surface area contributed by atoms with Crippen LogP contribution in [-0.2, 0) is 0 Å². The van der Waals surface area contributed by atoms with Crippen molar-refractivity contribution in [1.29, 1.82) is 0 Å². The molecule has 2 unspecified atom stereocenters. The molecule has 7 heteroatoms. The monoisotopic (exact) mass is 411 g/mol. The maximum Gasteiger partial charge on any atom is 0.134 e. The SMILES string of the molecule is COc1cc(NC2CCCN(c3cc(N4CCCC(C)C4)ncn3)C2)cc(OC)c1. The van der Waals surface area contributed by atoms with Gasteiger partial charge < -0.3 is 24.6 Å². The summed E-state index contributed by atoms with van der Waals surface area (Å²) in [6.45, 7) is 6.42. The van der Waals surface area contributed by atoms with Gasteiger partial charge in [-0.1, -0.05) is 6.92 Å². The minimum atomic E-state index is 0.337. The van der Waals surface area contributed by atoms with Crippen LogP contribution in [0.3, 0.4) is 0 Å². The summed E-state index contributed by atoms with van der Waals surface area (Å²) < 4.78 is 10.8. The normalized spacial score (nSPS) is 22.0. The number of hydrogen-bond donors (Lipinski definition) is 1. The first kappa shape index (κ1) is 20.6. The lowest BCUT2D eigenvalue weighted by atomic mass is 10.0. The standard InChI is InChI=1S/C23H33N5O2/c1-17-6-4-8-27(14-17)22-13-23(25-16-24-22)28-9-5-7-18(15-28)26-19-10-20(29-2)12-21(11-19)30-3/h10-13,16-18,26H,4-9,14-15H2,1-3H3. The van der Waals surface area contributed by atoms with Gasteiger partial charge in [0, 0.05) is 62.2 Å². The van der Waals surface area contributed by atoms with Gasteiger partial charge in [-0.3, -0.25) is 0 Å². The Morgan fingerprint density at radius 1 is 0.867 bits per heavy atom. The molecule has 2 atom stereocenters. The summed E-state index contributed by atoms with van der Waals surface area (Å²) in [7, 11) is 3.35. The summed E-state index contributed by atoms with van der Waals surface area (Å²) in [5.41, 5.74) is 1.02. The van der Waals surface area contributed by atoms with Crippen molar-refractivity contribution >= 4 is 17.3 Å². The number of nitrogens with one attached hydrogen (secondary N) is 1. The molecule has 0 saturated carbocycles. The molecule has 0 radical (unpaired) electrons. The average Bonchev–Trinajstić information content (AvgIpc) is 2.79. The van der Waals surface area contributed by atoms with Crippen LogP contribution in [0, 0.1) is 5.92 Å². The smallest absolute Gasteiger partial charge is 0.134 e. The Kier molecular flexibility index (Phi) is 6.45. The molecule has 2 fully saturated rings. The van der Waals surface area contributed by atoms with Gasteiger partial charge in [0.2, 0.25) is 0 Å². The summed E-state index contributed by atoms with van der Waals surface area (Å²) in [5, 5.41) is 3.66. The van der Waals surface area contributed by atoms with Crippen molar-refractivity contribution in [2.75, 3.05) is 55.5 Å². The van der Waals surface area contributed by atoms with Crippen molar-refractivity contribution in [3.8, 4) is 11.5 Å². The Balaban J connectivity index is 1.45. The third-order valence-corrected chi connectivity index (χ3v) is 6.09. The Morgan fingerprint density at radius 2 is 1.50 bits per heavy atom. The predicted octanol–water partition coefficient (Wildman–Crippen LogP) is 3.81. The molecule has 4 rings (SSSR count). The third kappa shape index (κ3) is 4.89. The molecule has 0 spiro atoms. The molecule has 2 aliphatic heterocycles. The molecule has 0 bridgehead atoms. The minimum absolute atomic E-state index is 0.337. The fraction of sp³-hybridized carbons (Fsp3) is 0.565. The molecule has 30 heavy (non-hydrogen) atoms. The summed E-state index contributed by atoms with van der Waals surface area (Å²) in [4.78, 5) is 13.9. The second-order valence-electron chi connectivity index (χ2n) is 8.46. The first-order chi connectivity index (χ1) is 14.6. The Morgan fingerprint density at radius 3 is 2.13 bits per heavy atom. The molecule has 1 aromatic heterocycles. The Hall–Kier alpha value is -2.70. The number of anilines is 3. The van der Waals surface area contributed by atoms with Gasteiger partial charge in [-0.2, -0.15) is 0 Å². The second kappa shape index (κ2) is 9.41. The molecule has 7 nitrogen and oxygen atoms in total. The lowest BCUT2D eigenvalue weighted by Gasteiger charge is -2.36. The van der Waals surface area contributed by atoms with Gasteiger partial charge in [-0.05, 0) is 31.6 Å². The van der Waals surface area contributed by atoms with Crippen LogP contribution >= 0.6 is 0 Å². The molecule has 1 N–H and O–H groups in total. The molecular formula is C23H33N5O2. The van der Waals surface area contributed by atoms with E-state index in [0.29, 0.717) is 6.04 Å². The number of ether oxygens (including phenoxy) is 2. The number of aromatic nitrogens is 2. The predicted molar refractivity (Wildman–Crippen MR) is 121 cm³/mol. The van der Waals surface area contributed by atoms with Crippen molar-refractivity contribution in [3.05, 3.63) is 30.6 Å². The summed E-state index contributed by atoms with van der Waals surface area (Å²) in [6.07, 6.45) is 6.51. The molecule has 2 aliphatic rings. The fourth-order valence-electron chi connectivity index (χ4n) is 4.51. The highest BCUT2D eigenvalue weighted by Crippen LogP contribution is 2.29. The van der Waals surface area contributed by atoms with Gasteiger partial charge in [0.05, 0.1) is 14.2 Å². The number of rotatable bonds is 6. The first-order valence-corrected chi connectivity index (χ1v) is 11.0. The average molecular weight is 412 g/mol. The van der Waals surface area contributed by atoms with Gasteiger partial charge in [0.15, 0.2) is 0 Å². The maximum absolute atomic E-state index is 5.40. The number of methoxy groups -OCH3 is 2. The van der Waals surface area contributed by atoms with Gasteiger partial charge in [0.1, 0.15) is 29.5 Å². The largest absolute Gasteiger partial charge is 0.497 e. The zero-order valence-corrected chi connectivity index (χ0v) is 18.3. The van der Waals surface area contributed by atoms with E-state index in [-0.39, 0.29) is 0 Å². The third-order valence-electron chi connectivity index (χ3n) is 6.09. The number of hydrogen-bond acceptors (Lipinski definition) is 7. The van der Waals surface area contributed by atoms with Crippen LogP contribution in [0.4, 0.5) is 17.3 Å². The molecule has 3 heterocycles. The summed E-state index contributed by atoms with van der Waals surface area (Å²) in [6, 6.07) is 8.42. The van der Waals surface area contributed by atoms with Gasteiger partial charge in [0.25, 0.3) is 0 Å². The van der Waals surface area contributed by atoms with Crippen molar-refractivity contribution in [3.63, 3.8) is 0 Å². The summed E-state index contributed by atoms with van der Waals surface area (Å²) in [5.74, 6) is 4.38. The fourth-order valence-corrected chi connectivity index (χ4v) is 4.51. The van der Waals surface area contributed by atoms with Crippen LogP contribution in [-0.4, -0.2) is 56.4 Å². The minimum Gasteiger partial charge on any atom is -0.497 e. The van der Waals surface area contributed by atoms with Crippen LogP contribution in [0.1, 0.15) is 32.6 Å². The van der Waals surface area contributed by atoms with E-state index >= 15 is 0 Å². The zero-order valence-electron chi connectivity index (χ0n) is 18.3. The van der Waals surface area contributed by atoms with Crippen molar-refractivity contribution < 1.29 is 9.47 Å². The van der Waals surface area contributed by atoms with Crippen LogP contribution in [0.25, 0.3) is 0 Å². The van der Waals surface area contributed by atoms with E-state index < -0.39 is 0 Å². The molecule has 0 aliphatic carbocycles. The van der Waals surface area contributed by atoms with Gasteiger partial charge >= 0.3 is 0 Å². The number of nitrogens with zero attached hydrogens (tertiary/aromatic N) is 4. The highest BCUT2D eigenvalue weighted by Gasteiger charge is 2.23. The van der Waals surface area contributed by atoms with Crippen LogP contribution in [0.5, 0.6) is 11.5 Å². The number of benzene rings is 1. The quantitative estimate of drug-likeness (QED) is 0.775. The van der Waals surface area contributed by atoms with E-state index in [1.807, 2.05) is 18.2 Å². The lowest BCUT2D eigenvalue weighted by molar-refractivity contribution is 0.394. The van der Waals surface area contributed by atoms with E-state index in [9.17, 15) is 0 Å². The molecular weight excluding hydrogens is 378 g/mol. The number of piperidine rings is 2. The highest BCUT2D eigenvalue weighted by atomic mass is 16.5. The molecule has 1 aromatic carbocycles. The zero-order chi connectivity index (χ0) is 20.9. The van der Waals surface area contributed by atoms with Crippen molar-refractivity contribution in [2.45, 2.75) is 38.6 Å². The Labute approximate surface area is 179 Å². The van der Waals surface area contributed by atoms with Gasteiger partial charge in [-0.15, -0.1) is 0 Å². The second-order valence-corrected chi connectivity index (χ2v) is 8.46. The summed E-state index contributed by atoms with van der Waals surface area (Å²) >= 11 is 0. The van der Waals surface area contributed by atoms with E-state index in [1.54, 1.807) is 20.5 Å². The Bertz CT molecular complexity index is 824. The van der Waals surface area contributed by atoms with E-state index in [0.717, 1.165) is 73.8 Å². The highest BCUT2D eigenvalue weighted by molar-refractivity contribution is 5.55. The maximum atomic E-state index is 5.40. The van der Waals surface area contributed by atoms with Gasteiger partial charge in [-0.25, -0.2) is 9.97 Å². The van der Waals surface area contributed by atoms with Crippen LogP contribution in [0.15, 0.2) is 30.6 Å². The van der Waals surface area contributed by atoms with E-state index in [2.05, 4.69) is 38.1 Å².